The van der Waals surface area contributed by atoms with Crippen molar-refractivity contribution in [2.24, 2.45) is 10.1 Å². The van der Waals surface area contributed by atoms with Gasteiger partial charge in [0.15, 0.2) is 4.80 Å². The predicted octanol–water partition coefficient (Wildman–Crippen LogP) is 1.72. The third-order valence-electron chi connectivity index (χ3n) is 4.06. The summed E-state index contributed by atoms with van der Waals surface area (Å²) in [6, 6.07) is 9.64. The fraction of sp³-hybridized carbons (Fsp3) is 0.211. The van der Waals surface area contributed by atoms with Crippen molar-refractivity contribution >= 4 is 43.5 Å². The summed E-state index contributed by atoms with van der Waals surface area (Å²) in [4.78, 5) is 28.7. The van der Waals surface area contributed by atoms with Crippen LogP contribution in [-0.4, -0.2) is 31.5 Å². The summed E-state index contributed by atoms with van der Waals surface area (Å²) in [7, 11) is -3.92. The molecule has 0 saturated carbocycles. The van der Waals surface area contributed by atoms with Crippen LogP contribution in [-0.2, 0) is 37.3 Å². The predicted molar refractivity (Wildman–Crippen MR) is 108 cm³/mol. The van der Waals surface area contributed by atoms with Crippen molar-refractivity contribution in [3.63, 3.8) is 0 Å². The lowest BCUT2D eigenvalue weighted by molar-refractivity contribution is -0.143. The Bertz CT molecular complexity index is 1280. The number of rotatable bonds is 6. The van der Waals surface area contributed by atoms with Gasteiger partial charge in [0, 0.05) is 0 Å². The van der Waals surface area contributed by atoms with Crippen LogP contribution in [0.5, 0.6) is 0 Å². The lowest BCUT2D eigenvalue weighted by Crippen LogP contribution is -2.23. The lowest BCUT2D eigenvalue weighted by Gasteiger charge is -2.05. The number of nitrogens with zero attached hydrogens (tertiary/aromatic N) is 2. The molecule has 0 radical (unpaired) electrons. The summed E-state index contributed by atoms with van der Waals surface area (Å²) in [5.74, 6) is -1.44. The van der Waals surface area contributed by atoms with Gasteiger partial charge in [0.1, 0.15) is 12.4 Å². The smallest absolute Gasteiger partial charge is 0.326 e. The highest BCUT2D eigenvalue weighted by Crippen LogP contribution is 2.21. The molecule has 11 heteroatoms. The monoisotopic (exact) mass is 451 g/mol. The van der Waals surface area contributed by atoms with Crippen LogP contribution in [0, 0.1) is 5.82 Å². The summed E-state index contributed by atoms with van der Waals surface area (Å²) in [6.07, 6.45) is -0.0592. The number of aromatic nitrogens is 1. The van der Waals surface area contributed by atoms with Gasteiger partial charge in [0.2, 0.25) is 10.0 Å². The van der Waals surface area contributed by atoms with E-state index < -0.39 is 27.7 Å². The highest BCUT2D eigenvalue weighted by Gasteiger charge is 2.15. The van der Waals surface area contributed by atoms with E-state index in [1.165, 1.54) is 47.0 Å². The van der Waals surface area contributed by atoms with Gasteiger partial charge in [-0.1, -0.05) is 23.5 Å². The first-order chi connectivity index (χ1) is 14.2. The highest BCUT2D eigenvalue weighted by atomic mass is 32.2. The Hall–Kier alpha value is -2.89. The molecule has 3 aromatic rings. The van der Waals surface area contributed by atoms with Gasteiger partial charge in [0.05, 0.1) is 28.1 Å². The van der Waals surface area contributed by atoms with E-state index in [0.717, 1.165) is 11.3 Å². The number of carbonyl (C=O) groups is 2. The fourth-order valence-electron chi connectivity index (χ4n) is 2.73. The second kappa shape index (κ2) is 8.86. The molecule has 30 heavy (non-hydrogen) atoms. The second-order valence-corrected chi connectivity index (χ2v) is 8.83. The summed E-state index contributed by atoms with van der Waals surface area (Å²) >= 11 is 1.04. The fourth-order valence-corrected chi connectivity index (χ4v) is 4.43. The van der Waals surface area contributed by atoms with Gasteiger partial charge in [-0.15, -0.1) is 0 Å². The molecular weight excluding hydrogens is 433 g/mol. The first kappa shape index (κ1) is 21.8. The largest absolute Gasteiger partial charge is 0.465 e. The third kappa shape index (κ3) is 5.17. The van der Waals surface area contributed by atoms with Crippen molar-refractivity contribution in [2.75, 3.05) is 6.61 Å². The zero-order valence-electron chi connectivity index (χ0n) is 15.9. The van der Waals surface area contributed by atoms with Gasteiger partial charge < -0.3 is 9.30 Å². The molecule has 1 amide bonds. The van der Waals surface area contributed by atoms with Crippen molar-refractivity contribution < 1.29 is 27.1 Å². The number of benzene rings is 2. The minimum absolute atomic E-state index is 0.0592. The minimum Gasteiger partial charge on any atom is -0.465 e. The Morgan fingerprint density at radius 3 is 2.53 bits per heavy atom. The Kier molecular flexibility index (Phi) is 6.44. The molecule has 1 heterocycles. The number of nitrogens with two attached hydrogens (primary N) is 1. The van der Waals surface area contributed by atoms with Gasteiger partial charge >= 0.3 is 5.97 Å². The molecular formula is C19H18FN3O5S2. The third-order valence-corrected chi connectivity index (χ3v) is 6.02. The van der Waals surface area contributed by atoms with E-state index in [1.54, 1.807) is 6.92 Å². The number of esters is 1. The molecule has 158 valence electrons. The zero-order chi connectivity index (χ0) is 21.9. The molecule has 0 fully saturated rings. The van der Waals surface area contributed by atoms with E-state index in [1.807, 2.05) is 0 Å². The van der Waals surface area contributed by atoms with Crippen molar-refractivity contribution in [3.8, 4) is 0 Å². The highest BCUT2D eigenvalue weighted by molar-refractivity contribution is 7.89. The maximum absolute atomic E-state index is 13.0. The van der Waals surface area contributed by atoms with Crippen LogP contribution in [0.15, 0.2) is 52.4 Å². The van der Waals surface area contributed by atoms with E-state index in [0.29, 0.717) is 15.8 Å². The van der Waals surface area contributed by atoms with E-state index in [4.69, 9.17) is 9.88 Å². The molecule has 2 N–H and O–H groups in total. The summed E-state index contributed by atoms with van der Waals surface area (Å²) in [5, 5.41) is 5.18. The summed E-state index contributed by atoms with van der Waals surface area (Å²) in [5.41, 5.74) is 1.09. The van der Waals surface area contributed by atoms with E-state index >= 15 is 0 Å². The summed E-state index contributed by atoms with van der Waals surface area (Å²) in [6.45, 7) is 1.66. The molecule has 0 aliphatic rings. The van der Waals surface area contributed by atoms with E-state index in [-0.39, 0.29) is 29.3 Å². The molecule has 0 aliphatic carbocycles. The van der Waals surface area contributed by atoms with Gasteiger partial charge in [-0.3, -0.25) is 9.59 Å². The SMILES string of the molecule is CCOC(=O)Cn1c(=NC(=O)Cc2ccc(F)cc2)sc2cc(S(N)(=O)=O)ccc21. The van der Waals surface area contributed by atoms with Crippen molar-refractivity contribution in [3.05, 3.63) is 58.6 Å². The molecule has 8 nitrogen and oxygen atoms in total. The van der Waals surface area contributed by atoms with E-state index in [9.17, 15) is 22.4 Å². The Labute approximate surface area is 175 Å². The molecule has 0 saturated heterocycles. The maximum atomic E-state index is 13.0. The zero-order valence-corrected chi connectivity index (χ0v) is 17.5. The van der Waals surface area contributed by atoms with Crippen LogP contribution in [0.25, 0.3) is 10.2 Å². The number of carbonyl (C=O) groups excluding carboxylic acids is 2. The normalized spacial score (nSPS) is 12.3. The first-order valence-corrected chi connectivity index (χ1v) is 11.2. The number of fused-ring (bicyclic) bond motifs is 1. The average Bonchev–Trinajstić information content (AvgIpc) is 2.99. The summed E-state index contributed by atoms with van der Waals surface area (Å²) < 4.78 is 43.2. The number of thiazole rings is 1. The first-order valence-electron chi connectivity index (χ1n) is 8.81. The van der Waals surface area contributed by atoms with Crippen LogP contribution in [0.2, 0.25) is 0 Å². The van der Waals surface area contributed by atoms with Gasteiger partial charge in [-0.2, -0.15) is 4.99 Å². The van der Waals surface area contributed by atoms with Gasteiger partial charge in [0.25, 0.3) is 5.91 Å². The Morgan fingerprint density at radius 1 is 1.20 bits per heavy atom. The quantitative estimate of drug-likeness (QED) is 0.572. The van der Waals surface area contributed by atoms with Gasteiger partial charge in [-0.05, 0) is 42.8 Å². The van der Waals surface area contributed by atoms with Crippen LogP contribution in [0.1, 0.15) is 12.5 Å². The van der Waals surface area contributed by atoms with Crippen molar-refractivity contribution in [1.29, 1.82) is 0 Å². The Balaban J connectivity index is 2.05. The number of primary sulfonamides is 1. The van der Waals surface area contributed by atoms with Gasteiger partial charge in [-0.25, -0.2) is 17.9 Å². The van der Waals surface area contributed by atoms with Crippen molar-refractivity contribution in [1.82, 2.24) is 4.57 Å². The number of hydrogen-bond acceptors (Lipinski definition) is 6. The number of ether oxygens (including phenoxy) is 1. The molecule has 2 aromatic carbocycles. The molecule has 0 aliphatic heterocycles. The molecule has 1 aromatic heterocycles. The number of halogens is 1. The molecule has 3 rings (SSSR count). The van der Waals surface area contributed by atoms with Crippen molar-refractivity contribution in [2.45, 2.75) is 24.8 Å². The molecule has 0 spiro atoms. The topological polar surface area (TPSA) is 121 Å². The molecule has 0 atom stereocenters. The molecule has 0 bridgehead atoms. The second-order valence-electron chi connectivity index (χ2n) is 6.26. The number of amides is 1. The van der Waals surface area contributed by atoms with Crippen LogP contribution >= 0.6 is 11.3 Å². The Morgan fingerprint density at radius 2 is 1.90 bits per heavy atom. The lowest BCUT2D eigenvalue weighted by atomic mass is 10.1. The average molecular weight is 452 g/mol. The van der Waals surface area contributed by atoms with Crippen LogP contribution in [0.3, 0.4) is 0 Å². The standard InChI is InChI=1S/C19H18FN3O5S2/c1-2-28-18(25)11-23-15-8-7-14(30(21,26)27)10-16(15)29-19(23)22-17(24)9-12-3-5-13(20)6-4-12/h3-8,10H,2,9,11H2,1H3,(H2,21,26,27). The molecule has 0 unspecified atom stereocenters. The minimum atomic E-state index is -3.92. The number of hydrogen-bond donors (Lipinski definition) is 1. The van der Waals surface area contributed by atoms with Crippen LogP contribution in [0.4, 0.5) is 4.39 Å². The number of sulfonamides is 1. The van der Waals surface area contributed by atoms with Crippen LogP contribution < -0.4 is 9.94 Å². The maximum Gasteiger partial charge on any atom is 0.326 e. The van der Waals surface area contributed by atoms with E-state index in [2.05, 4.69) is 4.99 Å².